The molecular weight excluding hydrogens is 426 g/mol. The Morgan fingerprint density at radius 3 is 2.56 bits per heavy atom. The number of rotatable bonds is 4. The minimum Gasteiger partial charge on any atom is -0.370 e. The number of hydrogen-bond donors (Lipinski definition) is 1. The van der Waals surface area contributed by atoms with Gasteiger partial charge in [0, 0.05) is 30.8 Å². The van der Waals surface area contributed by atoms with Crippen LogP contribution in [-0.4, -0.2) is 45.7 Å². The molecule has 0 bridgehead atoms. The first-order valence-corrected chi connectivity index (χ1v) is 12.0. The van der Waals surface area contributed by atoms with Crippen LogP contribution in [0.5, 0.6) is 0 Å². The molecule has 34 heavy (non-hydrogen) atoms. The van der Waals surface area contributed by atoms with Crippen LogP contribution < -0.4 is 0 Å². The van der Waals surface area contributed by atoms with Crippen molar-refractivity contribution < 1.29 is 9.53 Å². The SMILES string of the molecule is Cc1cc(C)c(-c2n[nH]c([C@@H]3CCCO3)n2)cc1C(=O)N1CCC(c2ccc(C#N)cc2)CC1. The number of amides is 1. The molecule has 1 amide bonds. The number of H-pyrrole nitrogens is 1. The quantitative estimate of drug-likeness (QED) is 0.608. The molecule has 3 heterocycles. The second-order valence-electron chi connectivity index (χ2n) is 9.33. The fourth-order valence-corrected chi connectivity index (χ4v) is 5.07. The molecule has 2 aliphatic rings. The van der Waals surface area contributed by atoms with Crippen molar-refractivity contribution in [3.63, 3.8) is 0 Å². The van der Waals surface area contributed by atoms with Gasteiger partial charge in [-0.1, -0.05) is 18.2 Å². The number of aromatic nitrogens is 3. The lowest BCUT2D eigenvalue weighted by atomic mass is 9.88. The van der Waals surface area contributed by atoms with E-state index in [-0.39, 0.29) is 12.0 Å². The van der Waals surface area contributed by atoms with E-state index in [4.69, 9.17) is 10.00 Å². The van der Waals surface area contributed by atoms with Gasteiger partial charge in [-0.25, -0.2) is 4.98 Å². The Labute approximate surface area is 199 Å². The molecule has 0 radical (unpaired) electrons. The maximum Gasteiger partial charge on any atom is 0.254 e. The van der Waals surface area contributed by atoms with Crippen LogP contribution in [0.3, 0.4) is 0 Å². The van der Waals surface area contributed by atoms with Gasteiger partial charge < -0.3 is 9.64 Å². The zero-order valence-electron chi connectivity index (χ0n) is 19.7. The lowest BCUT2D eigenvalue weighted by molar-refractivity contribution is 0.0712. The first-order valence-electron chi connectivity index (χ1n) is 12.0. The molecule has 1 N–H and O–H groups in total. The molecule has 7 heteroatoms. The molecule has 0 spiro atoms. The standard InChI is InChI=1S/C27H29N5O2/c1-17-14-18(2)23(15-22(17)25-29-26(31-30-25)24-4-3-13-34-24)27(33)32-11-9-21(10-12-32)20-7-5-19(16-28)6-8-20/h5-8,14-15,21,24H,3-4,9-13H2,1-2H3,(H,29,30,31)/t24-/m0/s1. The van der Waals surface area contributed by atoms with E-state index in [9.17, 15) is 4.79 Å². The first-order chi connectivity index (χ1) is 16.5. The van der Waals surface area contributed by atoms with Crippen LogP contribution in [-0.2, 0) is 4.74 Å². The minimum absolute atomic E-state index is 0.0227. The molecule has 2 fully saturated rings. The molecule has 0 saturated carbocycles. The van der Waals surface area contributed by atoms with Crippen molar-refractivity contribution in [1.29, 1.82) is 5.26 Å². The van der Waals surface area contributed by atoms with Crippen molar-refractivity contribution in [2.45, 2.75) is 51.6 Å². The number of likely N-dealkylation sites (tertiary alicyclic amines) is 1. The van der Waals surface area contributed by atoms with Crippen LogP contribution >= 0.6 is 0 Å². The highest BCUT2D eigenvalue weighted by molar-refractivity contribution is 5.97. The van der Waals surface area contributed by atoms with E-state index in [0.29, 0.717) is 22.9 Å². The van der Waals surface area contributed by atoms with Gasteiger partial charge in [0.05, 0.1) is 11.6 Å². The van der Waals surface area contributed by atoms with E-state index in [2.05, 4.69) is 21.3 Å². The highest BCUT2D eigenvalue weighted by atomic mass is 16.5. The summed E-state index contributed by atoms with van der Waals surface area (Å²) >= 11 is 0. The van der Waals surface area contributed by atoms with Crippen LogP contribution in [0.4, 0.5) is 0 Å². The van der Waals surface area contributed by atoms with Gasteiger partial charge in [0.15, 0.2) is 11.6 Å². The maximum absolute atomic E-state index is 13.5. The third-order valence-electron chi connectivity index (χ3n) is 7.07. The molecule has 0 unspecified atom stereocenters. The molecule has 0 aliphatic carbocycles. The minimum atomic E-state index is -0.0227. The number of nitrogens with one attached hydrogen (secondary N) is 1. The van der Waals surface area contributed by atoms with Crippen molar-refractivity contribution in [2.24, 2.45) is 0 Å². The molecule has 2 aliphatic heterocycles. The van der Waals surface area contributed by atoms with Crippen molar-refractivity contribution in [3.8, 4) is 17.5 Å². The predicted molar refractivity (Wildman–Crippen MR) is 128 cm³/mol. The number of aromatic amines is 1. The average Bonchev–Trinajstić information content (AvgIpc) is 3.56. The molecule has 3 aromatic rings. The van der Waals surface area contributed by atoms with Gasteiger partial charge in [-0.05, 0) is 80.3 Å². The zero-order valence-corrected chi connectivity index (χ0v) is 19.7. The normalized spacial score (nSPS) is 18.7. The van der Waals surface area contributed by atoms with E-state index in [1.165, 1.54) is 5.56 Å². The Morgan fingerprint density at radius 2 is 1.88 bits per heavy atom. The van der Waals surface area contributed by atoms with Crippen LogP contribution in [0.15, 0.2) is 36.4 Å². The van der Waals surface area contributed by atoms with E-state index in [0.717, 1.165) is 67.9 Å². The summed E-state index contributed by atoms with van der Waals surface area (Å²) in [5, 5.41) is 16.5. The molecule has 1 atom stereocenters. The van der Waals surface area contributed by atoms with Crippen molar-refractivity contribution in [2.75, 3.05) is 19.7 Å². The Hall–Kier alpha value is -3.50. The summed E-state index contributed by atoms with van der Waals surface area (Å²) in [6.45, 7) is 6.21. The van der Waals surface area contributed by atoms with E-state index in [1.807, 2.05) is 55.1 Å². The number of nitrogens with zero attached hydrogens (tertiary/aromatic N) is 4. The smallest absolute Gasteiger partial charge is 0.254 e. The molecule has 5 rings (SSSR count). The number of benzene rings is 2. The average molecular weight is 456 g/mol. The topological polar surface area (TPSA) is 94.9 Å². The van der Waals surface area contributed by atoms with Gasteiger partial charge in [-0.15, -0.1) is 0 Å². The highest BCUT2D eigenvalue weighted by Crippen LogP contribution is 2.32. The van der Waals surface area contributed by atoms with Crippen LogP contribution in [0, 0.1) is 25.2 Å². The number of nitriles is 1. The number of piperidine rings is 1. The van der Waals surface area contributed by atoms with Crippen molar-refractivity contribution >= 4 is 5.91 Å². The van der Waals surface area contributed by atoms with Gasteiger partial charge in [-0.3, -0.25) is 9.89 Å². The fourth-order valence-electron chi connectivity index (χ4n) is 5.07. The Balaban J connectivity index is 1.32. The molecule has 1 aromatic heterocycles. The van der Waals surface area contributed by atoms with Crippen LogP contribution in [0.2, 0.25) is 0 Å². The largest absolute Gasteiger partial charge is 0.370 e. The van der Waals surface area contributed by atoms with Gasteiger partial charge in [-0.2, -0.15) is 10.4 Å². The third-order valence-corrected chi connectivity index (χ3v) is 7.07. The number of carbonyl (C=O) groups is 1. The lowest BCUT2D eigenvalue weighted by Gasteiger charge is -2.32. The third kappa shape index (κ3) is 4.34. The summed E-state index contributed by atoms with van der Waals surface area (Å²) in [6, 6.07) is 14.0. The van der Waals surface area contributed by atoms with Gasteiger partial charge in [0.25, 0.3) is 5.91 Å². The molecule has 2 aromatic carbocycles. The first kappa shape index (κ1) is 22.3. The zero-order chi connectivity index (χ0) is 23.7. The molecule has 174 valence electrons. The number of carbonyl (C=O) groups excluding carboxylic acids is 1. The van der Waals surface area contributed by atoms with Crippen LogP contribution in [0.25, 0.3) is 11.4 Å². The molecule has 7 nitrogen and oxygen atoms in total. The summed E-state index contributed by atoms with van der Waals surface area (Å²) < 4.78 is 5.72. The summed E-state index contributed by atoms with van der Waals surface area (Å²) in [4.78, 5) is 20.1. The monoisotopic (exact) mass is 455 g/mol. The maximum atomic E-state index is 13.5. The van der Waals surface area contributed by atoms with Crippen molar-refractivity contribution in [1.82, 2.24) is 20.1 Å². The van der Waals surface area contributed by atoms with Gasteiger partial charge in [0.1, 0.15) is 6.10 Å². The summed E-state index contributed by atoms with van der Waals surface area (Å²) in [5.41, 5.74) is 5.52. The van der Waals surface area contributed by atoms with Crippen LogP contribution in [0.1, 0.15) is 76.1 Å². The number of hydrogen-bond acceptors (Lipinski definition) is 5. The Bertz CT molecular complexity index is 1230. The Morgan fingerprint density at radius 1 is 1.12 bits per heavy atom. The second kappa shape index (κ2) is 9.40. The highest BCUT2D eigenvalue weighted by Gasteiger charge is 2.27. The predicted octanol–water partition coefficient (Wildman–Crippen LogP) is 4.83. The lowest BCUT2D eigenvalue weighted by Crippen LogP contribution is -2.38. The summed E-state index contributed by atoms with van der Waals surface area (Å²) in [5.74, 6) is 1.84. The van der Waals surface area contributed by atoms with E-state index < -0.39 is 0 Å². The number of ether oxygens (including phenoxy) is 1. The van der Waals surface area contributed by atoms with E-state index >= 15 is 0 Å². The summed E-state index contributed by atoms with van der Waals surface area (Å²) in [6.07, 6.45) is 3.79. The molecular formula is C27H29N5O2. The fraction of sp³-hybridized carbons (Fsp3) is 0.407. The number of aryl methyl sites for hydroxylation is 2. The van der Waals surface area contributed by atoms with Gasteiger partial charge in [0.2, 0.25) is 0 Å². The van der Waals surface area contributed by atoms with Crippen molar-refractivity contribution in [3.05, 3.63) is 70.0 Å². The van der Waals surface area contributed by atoms with E-state index in [1.54, 1.807) is 0 Å². The Kier molecular flexibility index (Phi) is 6.16. The van der Waals surface area contributed by atoms with Gasteiger partial charge >= 0.3 is 0 Å². The second-order valence-corrected chi connectivity index (χ2v) is 9.33. The molecule has 2 saturated heterocycles. The summed E-state index contributed by atoms with van der Waals surface area (Å²) in [7, 11) is 0.